The molecule has 0 bridgehead atoms. The molecule has 2 aromatic carbocycles. The average Bonchev–Trinajstić information content (AvgIpc) is 2.42. The van der Waals surface area contributed by atoms with Crippen molar-refractivity contribution in [2.75, 3.05) is 7.11 Å². The Balaban J connectivity index is 2.19. The average molecular weight is 405 g/mol. The van der Waals surface area contributed by atoms with Crippen molar-refractivity contribution in [3.8, 4) is 5.75 Å². The Morgan fingerprint density at radius 2 is 2.05 bits per heavy atom. The molecule has 2 rings (SSSR count). The Morgan fingerprint density at radius 3 is 2.65 bits per heavy atom. The summed E-state index contributed by atoms with van der Waals surface area (Å²) in [4.78, 5) is 12.1. The molecule has 0 heterocycles. The summed E-state index contributed by atoms with van der Waals surface area (Å²) < 4.78 is 19.3. The van der Waals surface area contributed by atoms with E-state index >= 15 is 0 Å². The molecule has 104 valence electrons. The number of hydrogen-bond donors (Lipinski definition) is 0. The lowest BCUT2D eigenvalue weighted by atomic mass is 10.0. The number of benzene rings is 2. The fraction of sp³-hybridized carbons (Fsp3) is 0.133. The first-order chi connectivity index (χ1) is 9.51. The molecule has 0 atom stereocenters. The van der Waals surface area contributed by atoms with Crippen LogP contribution in [0.15, 0.2) is 36.4 Å². The first-order valence-electron chi connectivity index (χ1n) is 5.82. The van der Waals surface area contributed by atoms with Gasteiger partial charge in [0, 0.05) is 15.6 Å². The lowest BCUT2D eigenvalue weighted by molar-refractivity contribution is 0.0993. The summed E-state index contributed by atoms with van der Waals surface area (Å²) in [6.45, 7) is 0. The molecule has 0 aliphatic rings. The van der Waals surface area contributed by atoms with Gasteiger partial charge in [0.1, 0.15) is 0 Å². The van der Waals surface area contributed by atoms with E-state index in [1.807, 2.05) is 0 Å². The second-order valence-corrected chi connectivity index (χ2v) is 5.77. The first kappa shape index (κ1) is 15.3. The smallest absolute Gasteiger partial charge is 0.167 e. The van der Waals surface area contributed by atoms with Crippen molar-refractivity contribution >= 4 is 40.0 Å². The van der Waals surface area contributed by atoms with Gasteiger partial charge in [-0.2, -0.15) is 0 Å². The molecule has 0 aromatic heterocycles. The van der Waals surface area contributed by atoms with E-state index in [4.69, 9.17) is 16.3 Å². The zero-order valence-corrected chi connectivity index (χ0v) is 13.5. The lowest BCUT2D eigenvalue weighted by Crippen LogP contribution is -2.04. The van der Waals surface area contributed by atoms with Gasteiger partial charge in [-0.05, 0) is 52.4 Å². The van der Waals surface area contributed by atoms with E-state index in [0.29, 0.717) is 16.1 Å². The number of halogens is 3. The van der Waals surface area contributed by atoms with Crippen LogP contribution < -0.4 is 4.74 Å². The lowest BCUT2D eigenvalue weighted by Gasteiger charge is -2.06. The van der Waals surface area contributed by atoms with Crippen LogP contribution in [-0.2, 0) is 6.42 Å². The van der Waals surface area contributed by atoms with Crippen LogP contribution in [0.3, 0.4) is 0 Å². The van der Waals surface area contributed by atoms with Gasteiger partial charge >= 0.3 is 0 Å². The van der Waals surface area contributed by atoms with E-state index in [1.54, 1.807) is 24.3 Å². The van der Waals surface area contributed by atoms with Gasteiger partial charge in [0.25, 0.3) is 0 Å². The monoisotopic (exact) mass is 404 g/mol. The van der Waals surface area contributed by atoms with Crippen molar-refractivity contribution in [3.05, 3.63) is 61.9 Å². The Bertz CT molecular complexity index is 658. The molecule has 0 fully saturated rings. The van der Waals surface area contributed by atoms with E-state index in [2.05, 4.69) is 22.6 Å². The SMILES string of the molecule is COc1ccc(CC(=O)c2ccc(I)c(Cl)c2)cc1F. The maximum atomic E-state index is 13.6. The Kier molecular flexibility index (Phi) is 4.99. The van der Waals surface area contributed by atoms with E-state index < -0.39 is 5.82 Å². The van der Waals surface area contributed by atoms with Crippen molar-refractivity contribution in [2.24, 2.45) is 0 Å². The summed E-state index contributed by atoms with van der Waals surface area (Å²) in [5.74, 6) is -0.412. The molecule has 0 N–H and O–H groups in total. The van der Waals surface area contributed by atoms with Crippen molar-refractivity contribution in [3.63, 3.8) is 0 Å². The topological polar surface area (TPSA) is 26.3 Å². The van der Waals surface area contributed by atoms with Crippen molar-refractivity contribution in [2.45, 2.75) is 6.42 Å². The van der Waals surface area contributed by atoms with Crippen LogP contribution in [0.25, 0.3) is 0 Å². The molecule has 0 spiro atoms. The summed E-state index contributed by atoms with van der Waals surface area (Å²) in [7, 11) is 1.40. The number of hydrogen-bond acceptors (Lipinski definition) is 2. The molecule has 2 nitrogen and oxygen atoms in total. The van der Waals surface area contributed by atoms with Gasteiger partial charge in [-0.25, -0.2) is 4.39 Å². The zero-order valence-electron chi connectivity index (χ0n) is 10.6. The quantitative estimate of drug-likeness (QED) is 0.553. The van der Waals surface area contributed by atoms with E-state index in [1.165, 1.54) is 19.2 Å². The van der Waals surface area contributed by atoms with E-state index in [9.17, 15) is 9.18 Å². The summed E-state index contributed by atoms with van der Waals surface area (Å²) in [6, 6.07) is 9.63. The molecule has 0 saturated heterocycles. The predicted octanol–water partition coefficient (Wildman–Crippen LogP) is 4.52. The minimum atomic E-state index is -0.474. The number of ether oxygens (including phenoxy) is 1. The van der Waals surface area contributed by atoms with Crippen molar-refractivity contribution < 1.29 is 13.9 Å². The van der Waals surface area contributed by atoms with E-state index in [-0.39, 0.29) is 18.0 Å². The number of Topliss-reactive ketones (excluding diaryl/α,β-unsaturated/α-hetero) is 1. The molecule has 2 aromatic rings. The molecule has 0 aliphatic carbocycles. The van der Waals surface area contributed by atoms with Crippen LogP contribution in [-0.4, -0.2) is 12.9 Å². The van der Waals surface area contributed by atoms with Crippen molar-refractivity contribution in [1.82, 2.24) is 0 Å². The molecule has 0 aliphatic heterocycles. The first-order valence-corrected chi connectivity index (χ1v) is 7.27. The Hall–Kier alpha value is -1.14. The highest BCUT2D eigenvalue weighted by molar-refractivity contribution is 14.1. The summed E-state index contributed by atoms with van der Waals surface area (Å²) in [5.41, 5.74) is 1.12. The van der Waals surface area contributed by atoms with Gasteiger partial charge in [0.15, 0.2) is 17.3 Å². The maximum absolute atomic E-state index is 13.6. The highest BCUT2D eigenvalue weighted by Crippen LogP contribution is 2.22. The number of carbonyl (C=O) groups excluding carboxylic acids is 1. The normalized spacial score (nSPS) is 10.4. The third-order valence-electron chi connectivity index (χ3n) is 2.82. The zero-order chi connectivity index (χ0) is 14.7. The number of ketones is 1. The summed E-state index contributed by atoms with van der Waals surface area (Å²) in [5, 5.41) is 0.539. The summed E-state index contributed by atoms with van der Waals surface area (Å²) >= 11 is 8.08. The predicted molar refractivity (Wildman–Crippen MR) is 85.2 cm³/mol. The Labute approximate surface area is 135 Å². The van der Waals surface area contributed by atoms with Crippen molar-refractivity contribution in [1.29, 1.82) is 0 Å². The van der Waals surface area contributed by atoms with Crippen LogP contribution in [0.1, 0.15) is 15.9 Å². The van der Waals surface area contributed by atoms with Gasteiger partial charge in [0.05, 0.1) is 12.1 Å². The third-order valence-corrected chi connectivity index (χ3v) is 4.39. The van der Waals surface area contributed by atoms with Gasteiger partial charge in [-0.3, -0.25) is 4.79 Å². The molecule has 0 unspecified atom stereocenters. The van der Waals surface area contributed by atoms with Gasteiger partial charge in [0.2, 0.25) is 0 Å². The third kappa shape index (κ3) is 3.49. The van der Waals surface area contributed by atoms with Gasteiger partial charge in [-0.1, -0.05) is 23.7 Å². The number of carbonyl (C=O) groups is 1. The highest BCUT2D eigenvalue weighted by atomic mass is 127. The molecule has 20 heavy (non-hydrogen) atoms. The van der Waals surface area contributed by atoms with Gasteiger partial charge < -0.3 is 4.74 Å². The van der Waals surface area contributed by atoms with Crippen LogP contribution in [0.5, 0.6) is 5.75 Å². The molecule has 0 saturated carbocycles. The molecule has 0 radical (unpaired) electrons. The largest absolute Gasteiger partial charge is 0.494 e. The van der Waals surface area contributed by atoms with Gasteiger partial charge in [-0.15, -0.1) is 0 Å². The fourth-order valence-corrected chi connectivity index (χ4v) is 2.29. The second kappa shape index (κ2) is 6.54. The van der Waals surface area contributed by atoms with E-state index in [0.717, 1.165) is 3.57 Å². The number of methoxy groups -OCH3 is 1. The van der Waals surface area contributed by atoms with Crippen LogP contribution in [0.2, 0.25) is 5.02 Å². The second-order valence-electron chi connectivity index (χ2n) is 4.20. The van der Waals surface area contributed by atoms with Crippen LogP contribution >= 0.6 is 34.2 Å². The molecular weight excluding hydrogens is 394 g/mol. The minimum Gasteiger partial charge on any atom is -0.494 e. The highest BCUT2D eigenvalue weighted by Gasteiger charge is 2.11. The maximum Gasteiger partial charge on any atom is 0.167 e. The Morgan fingerprint density at radius 1 is 1.30 bits per heavy atom. The summed E-state index contributed by atoms with van der Waals surface area (Å²) in [6.07, 6.45) is 0.123. The molecule has 0 amide bonds. The number of rotatable bonds is 4. The molecule has 5 heteroatoms. The van der Waals surface area contributed by atoms with Crippen LogP contribution in [0, 0.1) is 9.39 Å². The standard InChI is InChI=1S/C15H11ClFIO2/c1-20-15-5-2-9(6-12(15)17)7-14(19)10-3-4-13(18)11(16)8-10/h2-6,8H,7H2,1H3. The minimum absolute atomic E-state index is 0.104. The fourth-order valence-electron chi connectivity index (χ4n) is 1.78. The van der Waals surface area contributed by atoms with Crippen LogP contribution in [0.4, 0.5) is 4.39 Å². The molecular formula is C15H11ClFIO2.